The fourth-order valence-electron chi connectivity index (χ4n) is 1.08. The molecule has 0 aromatic rings. The average Bonchev–Trinajstić information content (AvgIpc) is 2.26. The van der Waals surface area contributed by atoms with Crippen molar-refractivity contribution in [2.75, 3.05) is 0 Å². The van der Waals surface area contributed by atoms with E-state index in [0.29, 0.717) is 0 Å². The second-order valence-electron chi connectivity index (χ2n) is 4.02. The third kappa shape index (κ3) is 6.36. The quantitative estimate of drug-likeness (QED) is 0.355. The number of aliphatic carboxylic acids is 2. The molecule has 108 valence electrons. The van der Waals surface area contributed by atoms with Crippen LogP contribution in [0.1, 0.15) is 20.3 Å². The zero-order valence-electron chi connectivity index (χ0n) is 10.5. The van der Waals surface area contributed by atoms with Gasteiger partial charge in [0.25, 0.3) is 0 Å². The fourth-order valence-corrected chi connectivity index (χ4v) is 1.08. The average molecular weight is 275 g/mol. The topological polar surface area (TPSA) is 159 Å². The molecule has 0 aromatic carbocycles. The Kier molecular flexibility index (Phi) is 6.48. The second-order valence-corrected chi connectivity index (χ2v) is 4.02. The maximum atomic E-state index is 11.6. The first-order chi connectivity index (χ1) is 8.65. The van der Waals surface area contributed by atoms with Crippen molar-refractivity contribution >= 4 is 23.8 Å². The smallest absolute Gasteiger partial charge is 0.326 e. The van der Waals surface area contributed by atoms with Crippen molar-refractivity contribution in [1.82, 2.24) is 10.6 Å². The van der Waals surface area contributed by atoms with Crippen molar-refractivity contribution < 1.29 is 29.4 Å². The molecule has 0 fully saturated rings. The first-order valence-corrected chi connectivity index (χ1v) is 5.46. The van der Waals surface area contributed by atoms with Crippen molar-refractivity contribution in [3.8, 4) is 0 Å². The normalized spacial score (nSPS) is 14.9. The molecule has 0 saturated carbocycles. The molecular weight excluding hydrogens is 258 g/mol. The molecule has 0 unspecified atom stereocenters. The van der Waals surface area contributed by atoms with Gasteiger partial charge in [-0.1, -0.05) is 0 Å². The van der Waals surface area contributed by atoms with E-state index >= 15 is 0 Å². The first kappa shape index (κ1) is 16.8. The Balaban J connectivity index is 4.51. The van der Waals surface area contributed by atoms with E-state index in [1.165, 1.54) is 13.8 Å². The van der Waals surface area contributed by atoms with Crippen molar-refractivity contribution in [2.24, 2.45) is 5.73 Å². The highest BCUT2D eigenvalue weighted by molar-refractivity contribution is 5.92. The number of hydrogen-bond acceptors (Lipinski definition) is 5. The summed E-state index contributed by atoms with van der Waals surface area (Å²) < 4.78 is 0. The Hall–Kier alpha value is -2.16. The zero-order chi connectivity index (χ0) is 15.2. The van der Waals surface area contributed by atoms with Gasteiger partial charge in [-0.3, -0.25) is 14.4 Å². The first-order valence-electron chi connectivity index (χ1n) is 5.46. The van der Waals surface area contributed by atoms with Crippen LogP contribution in [-0.4, -0.2) is 52.1 Å². The maximum Gasteiger partial charge on any atom is 0.326 e. The lowest BCUT2D eigenvalue weighted by Gasteiger charge is -2.18. The van der Waals surface area contributed by atoms with Crippen LogP contribution in [0.4, 0.5) is 0 Å². The molecule has 3 atom stereocenters. The molecule has 0 aliphatic heterocycles. The van der Waals surface area contributed by atoms with Crippen LogP contribution in [0.5, 0.6) is 0 Å². The molecule has 9 nitrogen and oxygen atoms in total. The third-order valence-corrected chi connectivity index (χ3v) is 2.16. The van der Waals surface area contributed by atoms with Crippen LogP contribution in [0, 0.1) is 0 Å². The van der Waals surface area contributed by atoms with E-state index in [2.05, 4.69) is 5.32 Å². The van der Waals surface area contributed by atoms with Crippen LogP contribution < -0.4 is 16.4 Å². The van der Waals surface area contributed by atoms with Crippen LogP contribution in [0.3, 0.4) is 0 Å². The van der Waals surface area contributed by atoms with Crippen molar-refractivity contribution in [3.63, 3.8) is 0 Å². The Morgan fingerprint density at radius 3 is 1.95 bits per heavy atom. The summed E-state index contributed by atoms with van der Waals surface area (Å²) in [6.07, 6.45) is -0.755. The molecule has 0 heterocycles. The number of nitrogens with one attached hydrogen (secondary N) is 2. The molecule has 2 amide bonds. The lowest BCUT2D eigenvalue weighted by atomic mass is 10.2. The fraction of sp³-hybridized carbons (Fsp3) is 0.600. The van der Waals surface area contributed by atoms with Crippen LogP contribution in [0.15, 0.2) is 0 Å². The molecule has 0 aliphatic rings. The maximum absolute atomic E-state index is 11.6. The molecule has 0 rings (SSSR count). The number of carboxylic acids is 2. The highest BCUT2D eigenvalue weighted by Gasteiger charge is 2.26. The highest BCUT2D eigenvalue weighted by atomic mass is 16.4. The van der Waals surface area contributed by atoms with Crippen LogP contribution in [0.2, 0.25) is 0 Å². The molecule has 0 aromatic heterocycles. The van der Waals surface area contributed by atoms with E-state index < -0.39 is 48.3 Å². The third-order valence-electron chi connectivity index (χ3n) is 2.16. The van der Waals surface area contributed by atoms with Gasteiger partial charge in [0.15, 0.2) is 0 Å². The Labute approximate surface area is 109 Å². The van der Waals surface area contributed by atoms with Crippen molar-refractivity contribution in [1.29, 1.82) is 0 Å². The van der Waals surface area contributed by atoms with E-state index in [1.54, 1.807) is 0 Å². The number of carbonyl (C=O) groups excluding carboxylic acids is 2. The van der Waals surface area contributed by atoms with Gasteiger partial charge in [0.1, 0.15) is 12.1 Å². The Bertz CT molecular complexity index is 381. The largest absolute Gasteiger partial charge is 0.481 e. The summed E-state index contributed by atoms with van der Waals surface area (Å²) >= 11 is 0. The monoisotopic (exact) mass is 275 g/mol. The molecule has 9 heteroatoms. The standard InChI is InChI=1S/C10H17N3O6/c1-4(11)8(16)12-5(2)9(17)13-6(10(18)19)3-7(14)15/h4-6H,3,11H2,1-2H3,(H,12,16)(H,13,17)(H,14,15)(H,18,19)/t4-,5-,6-/m0/s1. The van der Waals surface area contributed by atoms with Gasteiger partial charge < -0.3 is 26.6 Å². The molecule has 0 spiro atoms. The van der Waals surface area contributed by atoms with Crippen molar-refractivity contribution in [2.45, 2.75) is 38.4 Å². The minimum atomic E-state index is -1.56. The summed E-state index contributed by atoms with van der Waals surface area (Å²) in [4.78, 5) is 44.0. The summed E-state index contributed by atoms with van der Waals surface area (Å²) in [5.74, 6) is -4.21. The van der Waals surface area contributed by atoms with Gasteiger partial charge in [0, 0.05) is 0 Å². The van der Waals surface area contributed by atoms with E-state index in [4.69, 9.17) is 15.9 Å². The van der Waals surface area contributed by atoms with E-state index in [-0.39, 0.29) is 0 Å². The summed E-state index contributed by atoms with van der Waals surface area (Å²) in [5.41, 5.74) is 5.28. The predicted octanol–water partition coefficient (Wildman–Crippen LogP) is -2.12. The van der Waals surface area contributed by atoms with Crippen LogP contribution in [0.25, 0.3) is 0 Å². The van der Waals surface area contributed by atoms with Gasteiger partial charge in [-0.15, -0.1) is 0 Å². The molecule has 19 heavy (non-hydrogen) atoms. The van der Waals surface area contributed by atoms with Gasteiger partial charge in [-0.05, 0) is 13.8 Å². The molecule has 0 saturated heterocycles. The Morgan fingerprint density at radius 1 is 1.05 bits per heavy atom. The lowest BCUT2D eigenvalue weighted by Crippen LogP contribution is -2.53. The van der Waals surface area contributed by atoms with Gasteiger partial charge >= 0.3 is 11.9 Å². The minimum Gasteiger partial charge on any atom is -0.481 e. The van der Waals surface area contributed by atoms with Crippen molar-refractivity contribution in [3.05, 3.63) is 0 Å². The van der Waals surface area contributed by atoms with Gasteiger partial charge in [0.2, 0.25) is 11.8 Å². The van der Waals surface area contributed by atoms with Gasteiger partial charge in [-0.2, -0.15) is 0 Å². The number of hydrogen-bond donors (Lipinski definition) is 5. The molecule has 0 radical (unpaired) electrons. The second kappa shape index (κ2) is 7.31. The van der Waals surface area contributed by atoms with E-state index in [1.807, 2.05) is 5.32 Å². The zero-order valence-corrected chi connectivity index (χ0v) is 10.5. The minimum absolute atomic E-state index is 0.576. The summed E-state index contributed by atoms with van der Waals surface area (Å²) in [6, 6.07) is -3.39. The van der Waals surface area contributed by atoms with Crippen LogP contribution >= 0.6 is 0 Å². The van der Waals surface area contributed by atoms with Gasteiger partial charge in [-0.25, -0.2) is 4.79 Å². The Morgan fingerprint density at radius 2 is 1.58 bits per heavy atom. The number of rotatable bonds is 7. The number of carboxylic acid groups (broad SMARTS) is 2. The molecule has 6 N–H and O–H groups in total. The lowest BCUT2D eigenvalue weighted by molar-refractivity contribution is -0.147. The molecular formula is C10H17N3O6. The summed E-state index contributed by atoms with van der Waals surface area (Å²) in [6.45, 7) is 2.75. The number of amides is 2. The molecule has 0 aliphatic carbocycles. The van der Waals surface area contributed by atoms with E-state index in [0.717, 1.165) is 0 Å². The van der Waals surface area contributed by atoms with Crippen LogP contribution in [-0.2, 0) is 19.2 Å². The van der Waals surface area contributed by atoms with Gasteiger partial charge in [0.05, 0.1) is 12.5 Å². The number of nitrogens with two attached hydrogens (primary N) is 1. The summed E-state index contributed by atoms with van der Waals surface area (Å²) in [5, 5.41) is 21.5. The summed E-state index contributed by atoms with van der Waals surface area (Å²) in [7, 11) is 0. The number of carbonyl (C=O) groups is 4. The van der Waals surface area contributed by atoms with E-state index in [9.17, 15) is 19.2 Å². The molecule has 0 bridgehead atoms. The SMILES string of the molecule is C[C@H](N)C(=O)N[C@@H](C)C(=O)N[C@@H](CC(=O)O)C(=O)O. The highest BCUT2D eigenvalue weighted by Crippen LogP contribution is 1.95. The predicted molar refractivity (Wildman–Crippen MR) is 63.1 cm³/mol.